The van der Waals surface area contributed by atoms with Crippen molar-refractivity contribution in [2.75, 3.05) is 6.61 Å². The van der Waals surface area contributed by atoms with Crippen LogP contribution in [0.1, 0.15) is 36.6 Å². The van der Waals surface area contributed by atoms with Crippen LogP contribution in [0.25, 0.3) is 0 Å². The molecule has 0 bridgehead atoms. The van der Waals surface area contributed by atoms with Gasteiger partial charge in [-0.05, 0) is 5.92 Å². The summed E-state index contributed by atoms with van der Waals surface area (Å²) in [5.74, 6) is 0.210. The van der Waals surface area contributed by atoms with Crippen LogP contribution in [0.4, 0.5) is 13.2 Å². The molecule has 1 saturated heterocycles. The zero-order chi connectivity index (χ0) is 14.3. The van der Waals surface area contributed by atoms with E-state index in [0.717, 1.165) is 6.20 Å². The van der Waals surface area contributed by atoms with Crippen LogP contribution in [-0.4, -0.2) is 22.8 Å². The van der Waals surface area contributed by atoms with E-state index in [1.807, 2.05) is 13.8 Å². The minimum Gasteiger partial charge on any atom is -0.384 e. The topological polar surface area (TPSA) is 42.4 Å². The van der Waals surface area contributed by atoms with Crippen molar-refractivity contribution in [2.45, 2.75) is 44.6 Å². The van der Waals surface area contributed by atoms with Gasteiger partial charge >= 0.3 is 6.18 Å². The number of halogens is 3. The SMILES string of the molecule is CC(C)C1CC(O)(c2cnc(C(F)(F)F)s2)CCO1. The van der Waals surface area contributed by atoms with Crippen LogP contribution in [0.5, 0.6) is 0 Å². The monoisotopic (exact) mass is 295 g/mol. The summed E-state index contributed by atoms with van der Waals surface area (Å²) in [6.45, 7) is 4.27. The van der Waals surface area contributed by atoms with Crippen molar-refractivity contribution in [3.05, 3.63) is 16.1 Å². The van der Waals surface area contributed by atoms with Gasteiger partial charge < -0.3 is 9.84 Å². The highest BCUT2D eigenvalue weighted by Gasteiger charge is 2.42. The van der Waals surface area contributed by atoms with Crippen LogP contribution in [-0.2, 0) is 16.5 Å². The first-order chi connectivity index (χ1) is 8.72. The Morgan fingerprint density at radius 1 is 1.53 bits per heavy atom. The number of hydrogen-bond acceptors (Lipinski definition) is 4. The van der Waals surface area contributed by atoms with Gasteiger partial charge in [-0.1, -0.05) is 13.8 Å². The van der Waals surface area contributed by atoms with Gasteiger partial charge in [0.2, 0.25) is 0 Å². The summed E-state index contributed by atoms with van der Waals surface area (Å²) in [4.78, 5) is 3.64. The van der Waals surface area contributed by atoms with Crippen LogP contribution in [0.3, 0.4) is 0 Å². The second-order valence-electron chi connectivity index (χ2n) is 5.17. The zero-order valence-electron chi connectivity index (χ0n) is 10.7. The number of alkyl halides is 3. The van der Waals surface area contributed by atoms with E-state index in [1.54, 1.807) is 0 Å². The first-order valence-electron chi connectivity index (χ1n) is 6.10. The normalized spacial score (nSPS) is 28.9. The van der Waals surface area contributed by atoms with Gasteiger partial charge in [0, 0.05) is 19.0 Å². The van der Waals surface area contributed by atoms with Crippen molar-refractivity contribution in [2.24, 2.45) is 5.92 Å². The number of hydrogen-bond donors (Lipinski definition) is 1. The molecule has 0 aliphatic carbocycles. The molecule has 7 heteroatoms. The first-order valence-corrected chi connectivity index (χ1v) is 6.91. The molecule has 0 radical (unpaired) electrons. The second-order valence-corrected chi connectivity index (χ2v) is 6.20. The molecule has 0 amide bonds. The summed E-state index contributed by atoms with van der Waals surface area (Å²) in [5.41, 5.74) is -1.26. The lowest BCUT2D eigenvalue weighted by Gasteiger charge is -2.37. The van der Waals surface area contributed by atoms with Gasteiger partial charge in [-0.3, -0.25) is 0 Å². The fourth-order valence-corrected chi connectivity index (χ4v) is 3.06. The number of aromatic nitrogens is 1. The highest BCUT2D eigenvalue weighted by molar-refractivity contribution is 7.11. The van der Waals surface area contributed by atoms with Crippen molar-refractivity contribution in [1.29, 1.82) is 0 Å². The van der Waals surface area contributed by atoms with E-state index < -0.39 is 16.8 Å². The van der Waals surface area contributed by atoms with E-state index >= 15 is 0 Å². The molecule has 3 nitrogen and oxygen atoms in total. The first kappa shape index (κ1) is 14.7. The van der Waals surface area contributed by atoms with Gasteiger partial charge in [0.15, 0.2) is 5.01 Å². The van der Waals surface area contributed by atoms with Crippen LogP contribution in [0, 0.1) is 5.92 Å². The Balaban J connectivity index is 2.22. The lowest BCUT2D eigenvalue weighted by molar-refractivity contribution is -0.137. The summed E-state index contributed by atoms with van der Waals surface area (Å²) >= 11 is 0.517. The fraction of sp³-hybridized carbons (Fsp3) is 0.750. The largest absolute Gasteiger partial charge is 0.443 e. The summed E-state index contributed by atoms with van der Waals surface area (Å²) in [5, 5.41) is 9.65. The third kappa shape index (κ3) is 3.09. The molecule has 2 atom stereocenters. The van der Waals surface area contributed by atoms with E-state index in [4.69, 9.17) is 4.74 Å². The maximum atomic E-state index is 12.5. The van der Waals surface area contributed by atoms with Crippen molar-refractivity contribution in [1.82, 2.24) is 4.98 Å². The Labute approximate surface area is 113 Å². The van der Waals surface area contributed by atoms with Gasteiger partial charge in [0.1, 0.15) is 5.60 Å². The fourth-order valence-electron chi connectivity index (χ4n) is 2.15. The molecule has 1 N–H and O–H groups in total. The van der Waals surface area contributed by atoms with Crippen molar-refractivity contribution in [3.63, 3.8) is 0 Å². The van der Waals surface area contributed by atoms with Gasteiger partial charge in [-0.15, -0.1) is 11.3 Å². The third-order valence-electron chi connectivity index (χ3n) is 3.34. The Bertz CT molecular complexity index is 446. The summed E-state index contributed by atoms with van der Waals surface area (Å²) in [6, 6.07) is 0. The minimum absolute atomic E-state index is 0.143. The average molecular weight is 295 g/mol. The smallest absolute Gasteiger partial charge is 0.384 e. The Kier molecular flexibility index (Phi) is 3.90. The number of thiazole rings is 1. The average Bonchev–Trinajstić information content (AvgIpc) is 2.78. The van der Waals surface area contributed by atoms with Crippen LogP contribution in [0.15, 0.2) is 6.20 Å². The minimum atomic E-state index is -4.46. The molecule has 2 unspecified atom stereocenters. The quantitative estimate of drug-likeness (QED) is 0.911. The standard InChI is InChI=1S/C12H16F3NO2S/c1-7(2)8-5-11(17,3-4-18-8)9-6-16-10(19-9)12(13,14)15/h6-8,17H,3-5H2,1-2H3. The van der Waals surface area contributed by atoms with Gasteiger partial charge in [-0.25, -0.2) is 4.98 Å². The highest BCUT2D eigenvalue weighted by atomic mass is 32.1. The Morgan fingerprint density at radius 2 is 2.21 bits per heavy atom. The highest BCUT2D eigenvalue weighted by Crippen LogP contribution is 2.42. The molecule has 0 spiro atoms. The molecule has 0 aromatic carbocycles. The zero-order valence-corrected chi connectivity index (χ0v) is 11.5. The molecule has 2 heterocycles. The molecule has 0 saturated carbocycles. The Hall–Kier alpha value is -0.660. The number of ether oxygens (including phenoxy) is 1. The molecule has 1 fully saturated rings. The second kappa shape index (κ2) is 5.03. The van der Waals surface area contributed by atoms with E-state index in [9.17, 15) is 18.3 Å². The van der Waals surface area contributed by atoms with E-state index in [1.165, 1.54) is 0 Å². The van der Waals surface area contributed by atoms with Gasteiger partial charge in [0.05, 0.1) is 17.6 Å². The molecule has 2 rings (SSSR count). The van der Waals surface area contributed by atoms with Gasteiger partial charge in [-0.2, -0.15) is 13.2 Å². The van der Waals surface area contributed by atoms with Gasteiger partial charge in [0.25, 0.3) is 0 Å². The number of aliphatic hydroxyl groups is 1. The van der Waals surface area contributed by atoms with Crippen molar-refractivity contribution < 1.29 is 23.0 Å². The number of rotatable bonds is 2. The lowest BCUT2D eigenvalue weighted by Crippen LogP contribution is -2.40. The molecule has 1 aromatic heterocycles. The van der Waals surface area contributed by atoms with Crippen LogP contribution in [0.2, 0.25) is 0 Å². The summed E-state index contributed by atoms with van der Waals surface area (Å²) < 4.78 is 43.2. The molecule has 1 aromatic rings. The third-order valence-corrected chi connectivity index (χ3v) is 4.57. The van der Waals surface area contributed by atoms with E-state index in [0.29, 0.717) is 30.8 Å². The molecule has 108 valence electrons. The predicted octanol–water partition coefficient (Wildman–Crippen LogP) is 3.18. The van der Waals surface area contributed by atoms with Crippen LogP contribution >= 0.6 is 11.3 Å². The van der Waals surface area contributed by atoms with Crippen LogP contribution < -0.4 is 0 Å². The maximum Gasteiger partial charge on any atom is 0.443 e. The molecular weight excluding hydrogens is 279 g/mol. The molecule has 1 aliphatic heterocycles. The summed E-state index contributed by atoms with van der Waals surface area (Å²) in [7, 11) is 0. The Morgan fingerprint density at radius 3 is 2.74 bits per heavy atom. The van der Waals surface area contributed by atoms with E-state index in [-0.39, 0.29) is 16.9 Å². The van der Waals surface area contributed by atoms with E-state index in [2.05, 4.69) is 4.98 Å². The van der Waals surface area contributed by atoms with Crippen molar-refractivity contribution >= 4 is 11.3 Å². The lowest BCUT2D eigenvalue weighted by atomic mass is 9.85. The number of nitrogens with zero attached hydrogens (tertiary/aromatic N) is 1. The van der Waals surface area contributed by atoms with Crippen molar-refractivity contribution in [3.8, 4) is 0 Å². The maximum absolute atomic E-state index is 12.5. The molecule has 19 heavy (non-hydrogen) atoms. The molecule has 1 aliphatic rings. The predicted molar refractivity (Wildman–Crippen MR) is 64.8 cm³/mol. The molecular formula is C12H16F3NO2S. The summed E-state index contributed by atoms with van der Waals surface area (Å²) in [6.07, 6.45) is -2.85.